The number of benzene rings is 2. The van der Waals surface area contributed by atoms with Crippen LogP contribution in [0.5, 0.6) is 5.75 Å². The number of hydrogen-bond acceptors (Lipinski definition) is 5. The first-order chi connectivity index (χ1) is 13.4. The topological polar surface area (TPSA) is 95.7 Å². The number of carbonyl (C=O) groups is 1. The molecule has 0 bridgehead atoms. The molecule has 0 aliphatic heterocycles. The van der Waals surface area contributed by atoms with Crippen molar-refractivity contribution in [2.45, 2.75) is 24.1 Å². The first-order valence-corrected chi connectivity index (χ1v) is 9.33. The molecule has 0 atom stereocenters. The molecule has 6 nitrogen and oxygen atoms in total. The Balaban J connectivity index is 2.42. The molecule has 2 aromatic carbocycles. The van der Waals surface area contributed by atoms with Crippen LogP contribution in [0.15, 0.2) is 41.3 Å². The maximum absolute atomic E-state index is 13.9. The van der Waals surface area contributed by atoms with E-state index in [9.17, 15) is 35.2 Å². The van der Waals surface area contributed by atoms with E-state index in [1.807, 2.05) is 0 Å². The zero-order valence-corrected chi connectivity index (χ0v) is 15.3. The molecule has 0 fully saturated rings. The summed E-state index contributed by atoms with van der Waals surface area (Å²) in [5.74, 6) is -3.84. The standard InChI is InChI=1S/C17H14F5NO5S/c18-11-4-5-12(13(19)9-11)10-3-6-15(14(8-10)28-17(20,21)22)29(25,26)27-7-1-2-16(23)24/h3-6,8-9H,1-2,7H2,(H2,23,24). The highest BCUT2D eigenvalue weighted by atomic mass is 32.2. The molecule has 0 aliphatic rings. The quantitative estimate of drug-likeness (QED) is 0.386. The molecule has 0 radical (unpaired) electrons. The van der Waals surface area contributed by atoms with Gasteiger partial charge in [-0.15, -0.1) is 13.2 Å². The van der Waals surface area contributed by atoms with Crippen LogP contribution >= 0.6 is 0 Å². The van der Waals surface area contributed by atoms with Crippen LogP contribution in [0.3, 0.4) is 0 Å². The van der Waals surface area contributed by atoms with E-state index in [0.717, 1.165) is 24.3 Å². The number of hydrogen-bond donors (Lipinski definition) is 1. The third-order valence-corrected chi connectivity index (χ3v) is 4.84. The predicted molar refractivity (Wildman–Crippen MR) is 90.0 cm³/mol. The van der Waals surface area contributed by atoms with Crippen molar-refractivity contribution in [1.82, 2.24) is 0 Å². The van der Waals surface area contributed by atoms with Gasteiger partial charge in [0.2, 0.25) is 5.91 Å². The Hall–Kier alpha value is -2.73. The maximum atomic E-state index is 13.9. The van der Waals surface area contributed by atoms with Gasteiger partial charge in [0, 0.05) is 18.1 Å². The lowest BCUT2D eigenvalue weighted by molar-refractivity contribution is -0.275. The summed E-state index contributed by atoms with van der Waals surface area (Å²) >= 11 is 0. The second-order valence-electron chi connectivity index (χ2n) is 5.68. The van der Waals surface area contributed by atoms with Crippen LogP contribution in [-0.2, 0) is 19.1 Å². The van der Waals surface area contributed by atoms with Gasteiger partial charge in [-0.05, 0) is 36.2 Å². The zero-order valence-electron chi connectivity index (χ0n) is 14.5. The van der Waals surface area contributed by atoms with Gasteiger partial charge in [0.25, 0.3) is 0 Å². The fraction of sp³-hybridized carbons (Fsp3) is 0.235. The molecule has 29 heavy (non-hydrogen) atoms. The molecule has 2 rings (SSSR count). The molecule has 0 saturated heterocycles. The van der Waals surface area contributed by atoms with Gasteiger partial charge in [-0.3, -0.25) is 8.98 Å². The average molecular weight is 439 g/mol. The Kier molecular flexibility index (Phi) is 6.80. The molecule has 0 saturated carbocycles. The van der Waals surface area contributed by atoms with E-state index >= 15 is 0 Å². The van der Waals surface area contributed by atoms with Crippen molar-refractivity contribution in [3.8, 4) is 16.9 Å². The number of amides is 1. The number of halogens is 5. The van der Waals surface area contributed by atoms with Crippen LogP contribution in [0.2, 0.25) is 0 Å². The molecule has 0 aromatic heterocycles. The van der Waals surface area contributed by atoms with E-state index in [1.165, 1.54) is 0 Å². The van der Waals surface area contributed by atoms with Crippen LogP contribution in [-0.4, -0.2) is 27.3 Å². The van der Waals surface area contributed by atoms with Crippen molar-refractivity contribution in [3.05, 3.63) is 48.0 Å². The van der Waals surface area contributed by atoms with E-state index in [4.69, 9.17) is 5.73 Å². The first-order valence-electron chi connectivity index (χ1n) is 7.92. The van der Waals surface area contributed by atoms with E-state index < -0.39 is 51.3 Å². The van der Waals surface area contributed by atoms with E-state index in [-0.39, 0.29) is 24.0 Å². The number of nitrogens with two attached hydrogens (primary N) is 1. The molecule has 2 N–H and O–H groups in total. The zero-order chi connectivity index (χ0) is 21.8. The summed E-state index contributed by atoms with van der Waals surface area (Å²) in [6.07, 6.45) is -5.52. The van der Waals surface area contributed by atoms with Crippen molar-refractivity contribution in [1.29, 1.82) is 0 Å². The molecule has 12 heteroatoms. The molecule has 1 amide bonds. The van der Waals surface area contributed by atoms with Crippen molar-refractivity contribution in [2.24, 2.45) is 5.73 Å². The molecule has 0 unspecified atom stereocenters. The first kappa shape index (κ1) is 22.6. The molecular formula is C17H14F5NO5S. The second kappa shape index (κ2) is 8.74. The maximum Gasteiger partial charge on any atom is 0.573 e. The highest BCUT2D eigenvalue weighted by Gasteiger charge is 2.34. The van der Waals surface area contributed by atoms with Crippen molar-refractivity contribution >= 4 is 16.0 Å². The summed E-state index contributed by atoms with van der Waals surface area (Å²) in [4.78, 5) is 9.69. The minimum absolute atomic E-state index is 0.0805. The van der Waals surface area contributed by atoms with Crippen LogP contribution < -0.4 is 10.5 Å². The van der Waals surface area contributed by atoms with Gasteiger partial charge < -0.3 is 10.5 Å². The lowest BCUT2D eigenvalue weighted by Crippen LogP contribution is -2.20. The molecule has 0 spiro atoms. The van der Waals surface area contributed by atoms with Gasteiger partial charge in [0.05, 0.1) is 6.61 Å². The van der Waals surface area contributed by atoms with Gasteiger partial charge in [-0.1, -0.05) is 6.07 Å². The van der Waals surface area contributed by atoms with Crippen molar-refractivity contribution < 1.29 is 44.1 Å². The Labute approximate surface area is 162 Å². The van der Waals surface area contributed by atoms with Crippen molar-refractivity contribution in [2.75, 3.05) is 6.61 Å². The third kappa shape index (κ3) is 6.39. The van der Waals surface area contributed by atoms with Gasteiger partial charge in [0.1, 0.15) is 16.5 Å². The van der Waals surface area contributed by atoms with E-state index in [0.29, 0.717) is 12.1 Å². The monoisotopic (exact) mass is 439 g/mol. The third-order valence-electron chi connectivity index (χ3n) is 3.49. The Morgan fingerprint density at radius 2 is 1.76 bits per heavy atom. The molecule has 0 heterocycles. The molecule has 2 aromatic rings. The largest absolute Gasteiger partial charge is 0.573 e. The minimum atomic E-state index is -5.25. The van der Waals surface area contributed by atoms with E-state index in [2.05, 4.69) is 8.92 Å². The van der Waals surface area contributed by atoms with E-state index in [1.54, 1.807) is 0 Å². The number of rotatable bonds is 8. The fourth-order valence-corrected chi connectivity index (χ4v) is 3.33. The SMILES string of the molecule is NC(=O)CCCOS(=O)(=O)c1ccc(-c2ccc(F)cc2F)cc1OC(F)(F)F. The summed E-state index contributed by atoms with van der Waals surface area (Å²) in [5.41, 5.74) is 4.44. The lowest BCUT2D eigenvalue weighted by atomic mass is 10.0. The number of ether oxygens (including phenoxy) is 1. The fourth-order valence-electron chi connectivity index (χ4n) is 2.29. The van der Waals surface area contributed by atoms with Crippen molar-refractivity contribution in [3.63, 3.8) is 0 Å². The van der Waals surface area contributed by atoms with Gasteiger partial charge in [0.15, 0.2) is 5.75 Å². The Morgan fingerprint density at radius 3 is 2.34 bits per heavy atom. The van der Waals surface area contributed by atoms with Crippen LogP contribution in [0.1, 0.15) is 12.8 Å². The lowest BCUT2D eigenvalue weighted by Gasteiger charge is -2.15. The summed E-state index contributed by atoms with van der Waals surface area (Å²) in [5, 5.41) is 0. The van der Waals surface area contributed by atoms with Crippen LogP contribution in [0.25, 0.3) is 11.1 Å². The Morgan fingerprint density at radius 1 is 1.07 bits per heavy atom. The minimum Gasteiger partial charge on any atom is -0.404 e. The second-order valence-corrected chi connectivity index (χ2v) is 7.26. The molecular weight excluding hydrogens is 425 g/mol. The van der Waals surface area contributed by atoms with Gasteiger partial charge in [-0.2, -0.15) is 8.42 Å². The van der Waals surface area contributed by atoms with Crippen LogP contribution in [0.4, 0.5) is 22.0 Å². The molecule has 0 aliphatic carbocycles. The van der Waals surface area contributed by atoms with Gasteiger partial charge >= 0.3 is 16.5 Å². The summed E-state index contributed by atoms with van der Waals surface area (Å²) in [6, 6.07) is 4.78. The summed E-state index contributed by atoms with van der Waals surface area (Å²) < 4.78 is 98.0. The van der Waals surface area contributed by atoms with Gasteiger partial charge in [-0.25, -0.2) is 8.78 Å². The number of carbonyl (C=O) groups excluding carboxylic acids is 1. The normalized spacial score (nSPS) is 12.0. The number of alkyl halides is 3. The number of primary amides is 1. The highest BCUT2D eigenvalue weighted by molar-refractivity contribution is 7.86. The summed E-state index contributed by atoms with van der Waals surface area (Å²) in [7, 11) is -4.71. The Bertz CT molecular complexity index is 1010. The molecule has 158 valence electrons. The smallest absolute Gasteiger partial charge is 0.404 e. The predicted octanol–water partition coefficient (Wildman–Crippen LogP) is 3.50. The highest BCUT2D eigenvalue weighted by Crippen LogP contribution is 2.35. The van der Waals surface area contributed by atoms with Crippen LogP contribution in [0, 0.1) is 11.6 Å². The summed E-state index contributed by atoms with van der Waals surface area (Å²) in [6.45, 7) is -0.509. The average Bonchev–Trinajstić information content (AvgIpc) is 2.57.